The molecule has 0 heterocycles. The Morgan fingerprint density at radius 3 is 1.48 bits per heavy atom. The maximum absolute atomic E-state index is 12.7. The summed E-state index contributed by atoms with van der Waals surface area (Å²) >= 11 is 0. The van der Waals surface area contributed by atoms with Crippen LogP contribution in [0.1, 0.15) is 194 Å². The van der Waals surface area contributed by atoms with E-state index in [1.807, 2.05) is 21.1 Å². The van der Waals surface area contributed by atoms with Crippen LogP contribution in [0.3, 0.4) is 0 Å². The standard InChI is InChI=1S/C46H86NO8P/c1-6-8-10-12-14-16-18-20-22-23-25-26-28-30-32-34-36-38-45(48)52-42-44(43-54-56(50,51)53-41-40-47(3,4)5)55-46(49)39-37-35-33-31-29-27-24-21-19-17-15-13-11-9-7-2/h21,24-26,30,32,44H,6-20,22-23,27-29,31,33-43H2,1-5H3/b24-21+,26-25+,32-30+/t44-/m1/s1. The van der Waals surface area contributed by atoms with Gasteiger partial charge in [-0.25, -0.2) is 0 Å². The number of ether oxygens (including phenoxy) is 2. The van der Waals surface area contributed by atoms with Gasteiger partial charge >= 0.3 is 11.9 Å². The lowest BCUT2D eigenvalue weighted by Crippen LogP contribution is -2.37. The highest BCUT2D eigenvalue weighted by atomic mass is 31.2. The van der Waals surface area contributed by atoms with Crippen LogP contribution in [0.25, 0.3) is 0 Å². The zero-order valence-electron chi connectivity index (χ0n) is 36.8. The number of unbranched alkanes of at least 4 members (excludes halogenated alkanes) is 21. The molecule has 0 aliphatic carbocycles. The topological polar surface area (TPSA) is 111 Å². The quantitative estimate of drug-likeness (QED) is 0.0197. The van der Waals surface area contributed by atoms with Crippen LogP contribution in [-0.4, -0.2) is 70.0 Å². The summed E-state index contributed by atoms with van der Waals surface area (Å²) < 4.78 is 33.8. The molecule has 0 aromatic rings. The Morgan fingerprint density at radius 1 is 0.554 bits per heavy atom. The first-order chi connectivity index (χ1) is 27.0. The first kappa shape index (κ1) is 54.2. The number of rotatable bonds is 41. The first-order valence-corrected chi connectivity index (χ1v) is 24.2. The lowest BCUT2D eigenvalue weighted by molar-refractivity contribution is -0.870. The molecule has 0 aliphatic rings. The molecule has 0 saturated heterocycles. The number of phosphoric ester groups is 1. The number of phosphoric acid groups is 1. The van der Waals surface area contributed by atoms with Crippen molar-refractivity contribution in [3.05, 3.63) is 36.5 Å². The molecule has 0 aromatic heterocycles. The van der Waals surface area contributed by atoms with E-state index < -0.39 is 32.5 Å². The molecule has 0 saturated carbocycles. The van der Waals surface area contributed by atoms with Crippen LogP contribution >= 0.6 is 7.82 Å². The van der Waals surface area contributed by atoms with Crippen LogP contribution in [0, 0.1) is 0 Å². The van der Waals surface area contributed by atoms with Gasteiger partial charge in [0.05, 0.1) is 27.7 Å². The third kappa shape index (κ3) is 41.9. The Hall–Kier alpha value is -1.77. The van der Waals surface area contributed by atoms with Gasteiger partial charge in [-0.2, -0.15) is 0 Å². The molecular weight excluding hydrogens is 725 g/mol. The van der Waals surface area contributed by atoms with Crippen molar-refractivity contribution in [3.63, 3.8) is 0 Å². The maximum Gasteiger partial charge on any atom is 0.306 e. The van der Waals surface area contributed by atoms with E-state index in [1.54, 1.807) is 0 Å². The van der Waals surface area contributed by atoms with Crippen molar-refractivity contribution in [2.75, 3.05) is 47.5 Å². The van der Waals surface area contributed by atoms with Gasteiger partial charge in [-0.3, -0.25) is 14.2 Å². The van der Waals surface area contributed by atoms with Crippen molar-refractivity contribution >= 4 is 19.8 Å². The largest absolute Gasteiger partial charge is 0.756 e. The Kier molecular flexibility index (Phi) is 37.5. The molecule has 10 heteroatoms. The number of esters is 2. The molecule has 0 aromatic carbocycles. The molecule has 1 unspecified atom stereocenters. The molecule has 0 amide bonds. The third-order valence-electron chi connectivity index (χ3n) is 9.63. The molecule has 56 heavy (non-hydrogen) atoms. The second-order valence-corrected chi connectivity index (χ2v) is 17.8. The summed E-state index contributed by atoms with van der Waals surface area (Å²) in [4.78, 5) is 37.5. The molecule has 2 atom stereocenters. The average molecular weight is 812 g/mol. The second-order valence-electron chi connectivity index (χ2n) is 16.4. The van der Waals surface area contributed by atoms with E-state index in [4.69, 9.17) is 18.5 Å². The van der Waals surface area contributed by atoms with Crippen LogP contribution in [-0.2, 0) is 32.7 Å². The van der Waals surface area contributed by atoms with Crippen molar-refractivity contribution in [3.8, 4) is 0 Å². The fourth-order valence-electron chi connectivity index (χ4n) is 6.04. The molecule has 0 N–H and O–H groups in total. The minimum atomic E-state index is -4.63. The SMILES string of the molecule is CCCCCCCC/C=C/CCCCCCCC(=O)O[C@H](COC(=O)CCC/C=C/C/C=C/CCCCCCCCCCC)COP(=O)([O-])OCC[N+](C)(C)C. The van der Waals surface area contributed by atoms with Gasteiger partial charge in [-0.15, -0.1) is 0 Å². The smallest absolute Gasteiger partial charge is 0.306 e. The summed E-state index contributed by atoms with van der Waals surface area (Å²) in [5, 5.41) is 0. The summed E-state index contributed by atoms with van der Waals surface area (Å²) in [5.74, 6) is -0.895. The number of allylic oxidation sites excluding steroid dienone is 6. The third-order valence-corrected chi connectivity index (χ3v) is 10.6. The number of carbonyl (C=O) groups is 2. The van der Waals surface area contributed by atoms with E-state index in [0.717, 1.165) is 51.4 Å². The van der Waals surface area contributed by atoms with E-state index in [2.05, 4.69) is 50.3 Å². The number of likely N-dealkylation sites (N-methyl/N-ethyl adjacent to an activating group) is 1. The van der Waals surface area contributed by atoms with E-state index in [-0.39, 0.29) is 26.1 Å². The van der Waals surface area contributed by atoms with Gasteiger partial charge in [0, 0.05) is 12.8 Å². The highest BCUT2D eigenvalue weighted by Gasteiger charge is 2.21. The summed E-state index contributed by atoms with van der Waals surface area (Å²) in [6.07, 6.45) is 43.2. The molecule has 0 spiro atoms. The van der Waals surface area contributed by atoms with Crippen molar-refractivity contribution in [1.29, 1.82) is 0 Å². The van der Waals surface area contributed by atoms with Crippen LogP contribution in [0.5, 0.6) is 0 Å². The lowest BCUT2D eigenvalue weighted by Gasteiger charge is -2.28. The summed E-state index contributed by atoms with van der Waals surface area (Å²) in [7, 11) is 1.14. The van der Waals surface area contributed by atoms with E-state index in [1.165, 1.54) is 103 Å². The monoisotopic (exact) mass is 812 g/mol. The molecule has 328 valence electrons. The number of nitrogens with zero attached hydrogens (tertiary/aromatic N) is 1. The molecular formula is C46H86NO8P. The molecule has 0 aliphatic heterocycles. The van der Waals surface area contributed by atoms with Gasteiger partial charge in [0.15, 0.2) is 6.10 Å². The summed E-state index contributed by atoms with van der Waals surface area (Å²) in [5.41, 5.74) is 0. The number of hydrogen-bond acceptors (Lipinski definition) is 8. The predicted molar refractivity (Wildman–Crippen MR) is 231 cm³/mol. The van der Waals surface area contributed by atoms with Gasteiger partial charge in [0.25, 0.3) is 7.82 Å². The van der Waals surface area contributed by atoms with Crippen molar-refractivity contribution in [2.45, 2.75) is 200 Å². The zero-order valence-corrected chi connectivity index (χ0v) is 37.7. The highest BCUT2D eigenvalue weighted by Crippen LogP contribution is 2.38. The maximum atomic E-state index is 12.7. The van der Waals surface area contributed by atoms with E-state index >= 15 is 0 Å². The molecule has 0 rings (SSSR count). The normalized spacial score (nSPS) is 13.9. The van der Waals surface area contributed by atoms with Crippen LogP contribution in [0.4, 0.5) is 0 Å². The Labute approximate surface area is 344 Å². The van der Waals surface area contributed by atoms with Crippen molar-refractivity contribution in [1.82, 2.24) is 0 Å². The Bertz CT molecular complexity index is 1050. The lowest BCUT2D eigenvalue weighted by atomic mass is 10.1. The average Bonchev–Trinajstić information content (AvgIpc) is 3.15. The van der Waals surface area contributed by atoms with Crippen LogP contribution in [0.15, 0.2) is 36.5 Å². The molecule has 9 nitrogen and oxygen atoms in total. The van der Waals surface area contributed by atoms with Crippen molar-refractivity contribution < 1.29 is 42.1 Å². The number of hydrogen-bond donors (Lipinski definition) is 0. The minimum absolute atomic E-state index is 0.0384. The van der Waals surface area contributed by atoms with Gasteiger partial charge < -0.3 is 27.9 Å². The molecule has 0 radical (unpaired) electrons. The van der Waals surface area contributed by atoms with Crippen LogP contribution in [0.2, 0.25) is 0 Å². The highest BCUT2D eigenvalue weighted by molar-refractivity contribution is 7.45. The minimum Gasteiger partial charge on any atom is -0.756 e. The van der Waals surface area contributed by atoms with E-state index in [0.29, 0.717) is 23.9 Å². The second kappa shape index (κ2) is 38.7. The van der Waals surface area contributed by atoms with Crippen LogP contribution < -0.4 is 4.89 Å². The predicted octanol–water partition coefficient (Wildman–Crippen LogP) is 12.3. The number of quaternary nitrogens is 1. The molecule has 0 bridgehead atoms. The fourth-order valence-corrected chi connectivity index (χ4v) is 6.77. The van der Waals surface area contributed by atoms with E-state index in [9.17, 15) is 19.0 Å². The van der Waals surface area contributed by atoms with Gasteiger partial charge in [-0.1, -0.05) is 153 Å². The summed E-state index contributed by atoms with van der Waals surface area (Å²) in [6.45, 7) is 4.17. The number of carbonyl (C=O) groups excluding carboxylic acids is 2. The van der Waals surface area contributed by atoms with Gasteiger partial charge in [-0.05, 0) is 64.2 Å². The van der Waals surface area contributed by atoms with Crippen molar-refractivity contribution in [2.24, 2.45) is 0 Å². The van der Waals surface area contributed by atoms with Gasteiger partial charge in [0.1, 0.15) is 19.8 Å². The molecule has 0 fully saturated rings. The zero-order chi connectivity index (χ0) is 41.4. The Morgan fingerprint density at radius 2 is 0.982 bits per heavy atom. The summed E-state index contributed by atoms with van der Waals surface area (Å²) in [6, 6.07) is 0. The van der Waals surface area contributed by atoms with Gasteiger partial charge in [0.2, 0.25) is 0 Å². The Balaban J connectivity index is 4.41. The first-order valence-electron chi connectivity index (χ1n) is 22.7. The fraction of sp³-hybridized carbons (Fsp3) is 0.826.